The van der Waals surface area contributed by atoms with Gasteiger partial charge in [-0.3, -0.25) is 4.79 Å². The fourth-order valence-electron chi connectivity index (χ4n) is 5.31. The number of ketones is 1. The largest absolute Gasteiger partial charge is 0.493 e. The normalized spacial score (nSPS) is 21.4. The number of hydrogen-bond acceptors (Lipinski definition) is 6. The lowest BCUT2D eigenvalue weighted by molar-refractivity contribution is -0.0374. The van der Waals surface area contributed by atoms with Crippen LogP contribution in [0.1, 0.15) is 54.9 Å². The Labute approximate surface area is 196 Å². The average Bonchev–Trinajstić information content (AvgIpc) is 2.82. The molecule has 1 saturated heterocycles. The fourth-order valence-corrected chi connectivity index (χ4v) is 5.31. The van der Waals surface area contributed by atoms with Crippen LogP contribution in [0.3, 0.4) is 0 Å². The molecule has 2 heterocycles. The molecular weight excluding hydrogens is 418 g/mol. The molecule has 2 aliphatic rings. The maximum Gasteiger partial charge on any atom is 0.170 e. The maximum absolute atomic E-state index is 14.2. The lowest BCUT2D eigenvalue weighted by Gasteiger charge is -2.50. The Hall–Kier alpha value is -2.57. The SMILES string of the molecule is COCCC1c2ccccc2OC2(CCNCC2)C1C(=O)c1ccc(OC(C)C)c(OC)c1. The Morgan fingerprint density at radius 2 is 1.88 bits per heavy atom. The van der Waals surface area contributed by atoms with E-state index >= 15 is 0 Å². The van der Waals surface area contributed by atoms with Crippen molar-refractivity contribution in [3.8, 4) is 17.2 Å². The molecule has 4 rings (SSSR count). The quantitative estimate of drug-likeness (QED) is 0.589. The monoisotopic (exact) mass is 453 g/mol. The van der Waals surface area contributed by atoms with E-state index in [0.717, 1.165) is 43.7 Å². The molecule has 1 fully saturated rings. The van der Waals surface area contributed by atoms with E-state index in [4.69, 9.17) is 18.9 Å². The van der Waals surface area contributed by atoms with E-state index in [0.29, 0.717) is 23.7 Å². The van der Waals surface area contributed by atoms with E-state index in [-0.39, 0.29) is 23.7 Å². The second-order valence-electron chi connectivity index (χ2n) is 9.22. The zero-order chi connectivity index (χ0) is 23.4. The summed E-state index contributed by atoms with van der Waals surface area (Å²) < 4.78 is 23.6. The van der Waals surface area contributed by atoms with Crippen LogP contribution in [0, 0.1) is 5.92 Å². The average molecular weight is 454 g/mol. The number of para-hydroxylation sites is 1. The van der Waals surface area contributed by atoms with Gasteiger partial charge in [-0.2, -0.15) is 0 Å². The number of methoxy groups -OCH3 is 2. The van der Waals surface area contributed by atoms with E-state index < -0.39 is 5.60 Å². The Morgan fingerprint density at radius 1 is 1.12 bits per heavy atom. The van der Waals surface area contributed by atoms with E-state index in [1.54, 1.807) is 14.2 Å². The van der Waals surface area contributed by atoms with Crippen LogP contribution in [0.25, 0.3) is 0 Å². The number of benzene rings is 2. The number of carbonyl (C=O) groups excluding carboxylic acids is 1. The van der Waals surface area contributed by atoms with Crippen molar-refractivity contribution in [2.45, 2.75) is 50.7 Å². The third-order valence-electron chi connectivity index (χ3n) is 6.78. The highest BCUT2D eigenvalue weighted by Crippen LogP contribution is 2.51. The Morgan fingerprint density at radius 3 is 2.58 bits per heavy atom. The van der Waals surface area contributed by atoms with Gasteiger partial charge in [0.25, 0.3) is 0 Å². The van der Waals surface area contributed by atoms with Gasteiger partial charge in [-0.05, 0) is 63.2 Å². The van der Waals surface area contributed by atoms with Crippen LogP contribution in [0.5, 0.6) is 17.2 Å². The molecule has 0 aliphatic carbocycles. The second kappa shape index (κ2) is 10.1. The number of carbonyl (C=O) groups is 1. The van der Waals surface area contributed by atoms with Crippen molar-refractivity contribution < 1.29 is 23.7 Å². The number of Topliss-reactive ketones (excluding diaryl/α,β-unsaturated/α-hetero) is 1. The first-order chi connectivity index (χ1) is 16.0. The minimum Gasteiger partial charge on any atom is -0.493 e. The Balaban J connectivity index is 1.78. The minimum absolute atomic E-state index is 0.0121. The van der Waals surface area contributed by atoms with Crippen molar-refractivity contribution in [1.82, 2.24) is 5.32 Å². The molecule has 2 aromatic carbocycles. The summed E-state index contributed by atoms with van der Waals surface area (Å²) in [7, 11) is 3.31. The van der Waals surface area contributed by atoms with Crippen molar-refractivity contribution in [3.63, 3.8) is 0 Å². The molecule has 1 spiro atoms. The minimum atomic E-state index is -0.546. The molecule has 0 radical (unpaired) electrons. The lowest BCUT2D eigenvalue weighted by Crippen LogP contribution is -2.57. The van der Waals surface area contributed by atoms with Crippen molar-refractivity contribution in [2.75, 3.05) is 33.9 Å². The zero-order valence-electron chi connectivity index (χ0n) is 20.1. The molecule has 178 valence electrons. The van der Waals surface area contributed by atoms with E-state index in [2.05, 4.69) is 11.4 Å². The summed E-state index contributed by atoms with van der Waals surface area (Å²) in [4.78, 5) is 14.2. The van der Waals surface area contributed by atoms with Gasteiger partial charge in [-0.1, -0.05) is 18.2 Å². The molecule has 0 saturated carbocycles. The van der Waals surface area contributed by atoms with Gasteiger partial charge in [0, 0.05) is 38.0 Å². The van der Waals surface area contributed by atoms with Crippen LogP contribution in [0.4, 0.5) is 0 Å². The topological polar surface area (TPSA) is 66.0 Å². The molecule has 6 heteroatoms. The van der Waals surface area contributed by atoms with Gasteiger partial charge >= 0.3 is 0 Å². The molecule has 2 unspecified atom stereocenters. The third-order valence-corrected chi connectivity index (χ3v) is 6.78. The van der Waals surface area contributed by atoms with Crippen molar-refractivity contribution in [3.05, 3.63) is 53.6 Å². The predicted molar refractivity (Wildman–Crippen MR) is 128 cm³/mol. The first-order valence-corrected chi connectivity index (χ1v) is 11.9. The van der Waals surface area contributed by atoms with Gasteiger partial charge < -0.3 is 24.3 Å². The Kier molecular flexibility index (Phi) is 7.25. The molecule has 0 bridgehead atoms. The summed E-state index contributed by atoms with van der Waals surface area (Å²) in [6.45, 7) is 6.18. The van der Waals surface area contributed by atoms with Crippen LogP contribution in [-0.2, 0) is 4.74 Å². The second-order valence-corrected chi connectivity index (χ2v) is 9.22. The van der Waals surface area contributed by atoms with Gasteiger partial charge in [0.15, 0.2) is 17.3 Å². The predicted octanol–water partition coefficient (Wildman–Crippen LogP) is 4.62. The van der Waals surface area contributed by atoms with Crippen LogP contribution in [-0.4, -0.2) is 51.4 Å². The summed E-state index contributed by atoms with van der Waals surface area (Å²) >= 11 is 0. The van der Waals surface area contributed by atoms with E-state index in [1.807, 2.05) is 50.2 Å². The van der Waals surface area contributed by atoms with Crippen molar-refractivity contribution in [1.29, 1.82) is 0 Å². The molecule has 2 aromatic rings. The zero-order valence-corrected chi connectivity index (χ0v) is 20.1. The third kappa shape index (κ3) is 4.73. The van der Waals surface area contributed by atoms with Crippen LogP contribution in [0.2, 0.25) is 0 Å². The first-order valence-electron chi connectivity index (χ1n) is 11.9. The number of piperidine rings is 1. The van der Waals surface area contributed by atoms with Gasteiger partial charge in [-0.15, -0.1) is 0 Å². The number of hydrogen-bond donors (Lipinski definition) is 1. The Bertz CT molecular complexity index is 967. The highest BCUT2D eigenvalue weighted by molar-refractivity contribution is 6.00. The molecule has 0 aromatic heterocycles. The number of nitrogens with one attached hydrogen (secondary N) is 1. The summed E-state index contributed by atoms with van der Waals surface area (Å²) in [5, 5.41) is 3.43. The highest BCUT2D eigenvalue weighted by atomic mass is 16.5. The smallest absolute Gasteiger partial charge is 0.170 e. The van der Waals surface area contributed by atoms with Gasteiger partial charge in [0.05, 0.1) is 19.1 Å². The molecule has 6 nitrogen and oxygen atoms in total. The lowest BCUT2D eigenvalue weighted by atomic mass is 9.65. The number of ether oxygens (including phenoxy) is 4. The maximum atomic E-state index is 14.2. The molecule has 2 atom stereocenters. The molecule has 33 heavy (non-hydrogen) atoms. The van der Waals surface area contributed by atoms with Crippen LogP contribution < -0.4 is 19.5 Å². The standard InChI is InChI=1S/C27H35NO5/c1-18(2)32-23-10-9-19(17-24(23)31-4)26(29)25-21(11-16-30-3)20-7-5-6-8-22(20)33-27(25)12-14-28-15-13-27/h5-10,17-18,21,25,28H,11-16H2,1-4H3. The molecule has 1 N–H and O–H groups in total. The van der Waals surface area contributed by atoms with Gasteiger partial charge in [0.2, 0.25) is 0 Å². The molecule has 0 amide bonds. The number of fused-ring (bicyclic) bond motifs is 1. The van der Waals surface area contributed by atoms with Gasteiger partial charge in [0.1, 0.15) is 11.4 Å². The van der Waals surface area contributed by atoms with Crippen molar-refractivity contribution in [2.24, 2.45) is 5.92 Å². The summed E-state index contributed by atoms with van der Waals surface area (Å²) in [6, 6.07) is 13.6. The molecule has 2 aliphatic heterocycles. The summed E-state index contributed by atoms with van der Waals surface area (Å²) in [5.41, 5.74) is 1.16. The summed E-state index contributed by atoms with van der Waals surface area (Å²) in [5.74, 6) is 1.88. The fraction of sp³-hybridized carbons (Fsp3) is 0.519. The van der Waals surface area contributed by atoms with Crippen molar-refractivity contribution >= 4 is 5.78 Å². The van der Waals surface area contributed by atoms with E-state index in [9.17, 15) is 4.79 Å². The number of rotatable bonds is 8. The van der Waals surface area contributed by atoms with E-state index in [1.165, 1.54) is 0 Å². The van der Waals surface area contributed by atoms with Gasteiger partial charge in [-0.25, -0.2) is 0 Å². The molecular formula is C27H35NO5. The highest BCUT2D eigenvalue weighted by Gasteiger charge is 2.53. The van der Waals surface area contributed by atoms with Crippen LogP contribution >= 0.6 is 0 Å². The summed E-state index contributed by atoms with van der Waals surface area (Å²) in [6.07, 6.45) is 2.34. The first kappa shape index (κ1) is 23.6. The van der Waals surface area contributed by atoms with Crippen LogP contribution in [0.15, 0.2) is 42.5 Å².